The van der Waals surface area contributed by atoms with E-state index in [9.17, 15) is 4.79 Å². The van der Waals surface area contributed by atoms with Gasteiger partial charge >= 0.3 is 0 Å². The highest BCUT2D eigenvalue weighted by atomic mass is 127. The Morgan fingerprint density at radius 2 is 2.08 bits per heavy atom. The molecule has 0 aliphatic rings. The van der Waals surface area contributed by atoms with Crippen molar-refractivity contribution in [2.45, 2.75) is 33.2 Å². The van der Waals surface area contributed by atoms with E-state index in [4.69, 9.17) is 11.6 Å². The van der Waals surface area contributed by atoms with Gasteiger partial charge in [-0.3, -0.25) is 9.79 Å². The predicted molar refractivity (Wildman–Crippen MR) is 111 cm³/mol. The molecule has 8 heteroatoms. The minimum absolute atomic E-state index is 0. The van der Waals surface area contributed by atoms with Crippen LogP contribution in [-0.2, 0) is 18.4 Å². The molecule has 24 heavy (non-hydrogen) atoms. The number of carbonyl (C=O) groups excluding carboxylic acids is 1. The number of halogens is 2. The van der Waals surface area contributed by atoms with Crippen molar-refractivity contribution in [3.05, 3.63) is 23.0 Å². The first kappa shape index (κ1) is 23.0. The van der Waals surface area contributed by atoms with Crippen LogP contribution in [0.3, 0.4) is 0 Å². The van der Waals surface area contributed by atoms with E-state index in [0.717, 1.165) is 36.2 Å². The summed E-state index contributed by atoms with van der Waals surface area (Å²) in [5.41, 5.74) is 1.10. The molecule has 0 aliphatic carbocycles. The third kappa shape index (κ3) is 8.23. The second kappa shape index (κ2) is 12.4. The van der Waals surface area contributed by atoms with E-state index in [1.807, 2.05) is 49.7 Å². The maximum Gasteiger partial charge on any atom is 0.221 e. The Bertz CT molecular complexity index is 533. The maximum absolute atomic E-state index is 11.6. The molecule has 0 spiro atoms. The van der Waals surface area contributed by atoms with Crippen LogP contribution in [0.15, 0.2) is 17.3 Å². The number of nitrogens with one attached hydrogen (secondary N) is 2. The first-order valence-corrected chi connectivity index (χ1v) is 8.42. The number of nitrogens with zero attached hydrogens (tertiary/aromatic N) is 3. The van der Waals surface area contributed by atoms with Gasteiger partial charge in [0, 0.05) is 45.5 Å². The number of amides is 1. The van der Waals surface area contributed by atoms with Gasteiger partial charge in [0.1, 0.15) is 0 Å². The van der Waals surface area contributed by atoms with Gasteiger partial charge in [-0.05, 0) is 19.4 Å². The van der Waals surface area contributed by atoms with Crippen LogP contribution in [0.25, 0.3) is 0 Å². The monoisotopic (exact) mass is 469 g/mol. The highest BCUT2D eigenvalue weighted by Crippen LogP contribution is 2.14. The van der Waals surface area contributed by atoms with Crippen LogP contribution in [0.1, 0.15) is 32.4 Å². The lowest BCUT2D eigenvalue weighted by Gasteiger charge is -2.22. The lowest BCUT2D eigenvalue weighted by Crippen LogP contribution is -2.39. The van der Waals surface area contributed by atoms with Crippen molar-refractivity contribution in [1.29, 1.82) is 0 Å². The summed E-state index contributed by atoms with van der Waals surface area (Å²) < 4.78 is 2.00. The fourth-order valence-corrected chi connectivity index (χ4v) is 2.40. The van der Waals surface area contributed by atoms with Gasteiger partial charge < -0.3 is 20.1 Å². The standard InChI is InChI=1S/C16H28ClN5O.HI/c1-5-8-19-15(23)7-9-20-16(18-6-2)22(4)12-14-10-13(17)11-21(14)3;/h10-11H,5-9,12H2,1-4H3,(H,18,20)(H,19,23);1H. The summed E-state index contributed by atoms with van der Waals surface area (Å²) in [7, 11) is 3.94. The second-order valence-electron chi connectivity index (χ2n) is 5.45. The molecule has 1 aromatic heterocycles. The Morgan fingerprint density at radius 3 is 2.62 bits per heavy atom. The van der Waals surface area contributed by atoms with Gasteiger partial charge in [0.2, 0.25) is 5.91 Å². The number of rotatable bonds is 8. The van der Waals surface area contributed by atoms with E-state index in [1.54, 1.807) is 0 Å². The summed E-state index contributed by atoms with van der Waals surface area (Å²) in [5, 5.41) is 6.83. The number of aliphatic imine (C=N–C) groups is 1. The van der Waals surface area contributed by atoms with Crippen molar-refractivity contribution >= 4 is 47.4 Å². The molecule has 0 aliphatic heterocycles. The second-order valence-corrected chi connectivity index (χ2v) is 5.89. The van der Waals surface area contributed by atoms with Crippen LogP contribution in [0.4, 0.5) is 0 Å². The van der Waals surface area contributed by atoms with Crippen molar-refractivity contribution < 1.29 is 4.79 Å². The third-order valence-electron chi connectivity index (χ3n) is 3.34. The van der Waals surface area contributed by atoms with Crippen LogP contribution >= 0.6 is 35.6 Å². The number of guanidine groups is 1. The molecular formula is C16H29ClIN5O. The zero-order chi connectivity index (χ0) is 17.2. The Hall–Kier alpha value is -0.960. The molecule has 0 fully saturated rings. The largest absolute Gasteiger partial charge is 0.357 e. The SMILES string of the molecule is CCCNC(=O)CCN=C(NCC)N(C)Cc1cc(Cl)cn1C.I. The molecule has 1 aromatic rings. The zero-order valence-electron chi connectivity index (χ0n) is 14.9. The predicted octanol–water partition coefficient (Wildman–Crippen LogP) is 2.61. The zero-order valence-corrected chi connectivity index (χ0v) is 18.0. The molecule has 138 valence electrons. The normalized spacial score (nSPS) is 11.0. The maximum atomic E-state index is 11.6. The Kier molecular flexibility index (Phi) is 11.9. The Morgan fingerprint density at radius 1 is 1.38 bits per heavy atom. The van der Waals surface area contributed by atoms with Crippen molar-refractivity contribution in [2.24, 2.45) is 12.0 Å². The number of hydrogen-bond donors (Lipinski definition) is 2. The van der Waals surface area contributed by atoms with Crippen LogP contribution in [-0.4, -0.2) is 48.0 Å². The van der Waals surface area contributed by atoms with Crippen molar-refractivity contribution in [3.63, 3.8) is 0 Å². The summed E-state index contributed by atoms with van der Waals surface area (Å²) in [4.78, 5) is 18.2. The van der Waals surface area contributed by atoms with Gasteiger partial charge in [-0.25, -0.2) is 0 Å². The summed E-state index contributed by atoms with van der Waals surface area (Å²) in [5.74, 6) is 0.830. The van der Waals surface area contributed by atoms with E-state index in [1.165, 1.54) is 0 Å². The van der Waals surface area contributed by atoms with Gasteiger partial charge in [0.25, 0.3) is 0 Å². The van der Waals surface area contributed by atoms with E-state index in [-0.39, 0.29) is 29.9 Å². The first-order chi connectivity index (χ1) is 11.0. The van der Waals surface area contributed by atoms with Gasteiger partial charge in [-0.15, -0.1) is 24.0 Å². The molecule has 0 aromatic carbocycles. The molecule has 6 nitrogen and oxygen atoms in total. The van der Waals surface area contributed by atoms with Crippen molar-refractivity contribution in [2.75, 3.05) is 26.7 Å². The van der Waals surface area contributed by atoms with Crippen LogP contribution in [0.2, 0.25) is 5.02 Å². The van der Waals surface area contributed by atoms with Gasteiger partial charge in [0.05, 0.1) is 18.1 Å². The average molecular weight is 470 g/mol. The van der Waals surface area contributed by atoms with Crippen molar-refractivity contribution in [3.8, 4) is 0 Å². The van der Waals surface area contributed by atoms with E-state index < -0.39 is 0 Å². The summed E-state index contributed by atoms with van der Waals surface area (Å²) >= 11 is 6.02. The number of hydrogen-bond acceptors (Lipinski definition) is 2. The fourth-order valence-electron chi connectivity index (χ4n) is 2.13. The molecule has 2 N–H and O–H groups in total. The molecule has 0 radical (unpaired) electrons. The minimum Gasteiger partial charge on any atom is -0.357 e. The number of carbonyl (C=O) groups is 1. The molecule has 1 rings (SSSR count). The van der Waals surface area contributed by atoms with Crippen LogP contribution in [0.5, 0.6) is 0 Å². The summed E-state index contributed by atoms with van der Waals surface area (Å²) in [6.45, 7) is 6.71. The molecule has 1 amide bonds. The molecule has 0 atom stereocenters. The quantitative estimate of drug-likeness (QED) is 0.349. The van der Waals surface area contributed by atoms with Gasteiger partial charge in [-0.2, -0.15) is 0 Å². The van der Waals surface area contributed by atoms with E-state index in [0.29, 0.717) is 19.5 Å². The third-order valence-corrected chi connectivity index (χ3v) is 3.55. The fraction of sp³-hybridized carbons (Fsp3) is 0.625. The first-order valence-electron chi connectivity index (χ1n) is 8.04. The van der Waals surface area contributed by atoms with Gasteiger partial charge in [0.15, 0.2) is 5.96 Å². The summed E-state index contributed by atoms with van der Waals surface area (Å²) in [6.07, 6.45) is 3.23. The smallest absolute Gasteiger partial charge is 0.221 e. The molecule has 0 saturated heterocycles. The molecular weight excluding hydrogens is 441 g/mol. The molecule has 0 bridgehead atoms. The Labute approximate surface area is 167 Å². The van der Waals surface area contributed by atoms with Crippen molar-refractivity contribution in [1.82, 2.24) is 20.1 Å². The average Bonchev–Trinajstić information content (AvgIpc) is 2.81. The van der Waals surface area contributed by atoms with E-state index >= 15 is 0 Å². The summed E-state index contributed by atoms with van der Waals surface area (Å²) in [6, 6.07) is 1.94. The number of aryl methyl sites for hydroxylation is 1. The molecule has 0 saturated carbocycles. The van der Waals surface area contributed by atoms with E-state index in [2.05, 4.69) is 15.6 Å². The molecule has 1 heterocycles. The lowest BCUT2D eigenvalue weighted by molar-refractivity contribution is -0.120. The van der Waals surface area contributed by atoms with Crippen LogP contribution in [0, 0.1) is 0 Å². The Balaban J connectivity index is 0.00000529. The minimum atomic E-state index is 0. The topological polar surface area (TPSA) is 61.7 Å². The van der Waals surface area contributed by atoms with Gasteiger partial charge in [-0.1, -0.05) is 18.5 Å². The lowest BCUT2D eigenvalue weighted by atomic mass is 10.4. The highest BCUT2D eigenvalue weighted by molar-refractivity contribution is 14.0. The van der Waals surface area contributed by atoms with Crippen LogP contribution < -0.4 is 10.6 Å². The molecule has 0 unspecified atom stereocenters. The number of aromatic nitrogens is 1. The highest BCUT2D eigenvalue weighted by Gasteiger charge is 2.10.